The van der Waals surface area contributed by atoms with Crippen LogP contribution in [-0.2, 0) is 9.59 Å². The van der Waals surface area contributed by atoms with Crippen molar-refractivity contribution in [3.63, 3.8) is 0 Å². The number of thiocarbonyl (C=S) groups is 1. The molecule has 2 aliphatic rings. The summed E-state index contributed by atoms with van der Waals surface area (Å²) in [5, 5.41) is 0.898. The number of nitrogens with two attached hydrogens (primary N) is 1. The normalized spacial score (nSPS) is 28.8. The van der Waals surface area contributed by atoms with Gasteiger partial charge in [-0.15, -0.1) is 0 Å². The zero-order valence-electron chi connectivity index (χ0n) is 8.90. The van der Waals surface area contributed by atoms with Crippen LogP contribution in [-0.4, -0.2) is 21.9 Å². The number of hydrogen-bond donors (Lipinski definition) is 2. The van der Waals surface area contributed by atoms with Gasteiger partial charge < -0.3 is 5.73 Å². The second-order valence-corrected chi connectivity index (χ2v) is 4.63. The number of hydrogen-bond acceptors (Lipinski definition) is 3. The molecule has 2 amide bonds. The van der Waals surface area contributed by atoms with Crippen LogP contribution in [0.4, 0.5) is 0 Å². The lowest BCUT2D eigenvalue weighted by Crippen LogP contribution is -2.48. The minimum atomic E-state index is -0.252. The van der Waals surface area contributed by atoms with E-state index in [2.05, 4.69) is 17.6 Å². The highest BCUT2D eigenvalue weighted by Gasteiger charge is 2.48. The van der Waals surface area contributed by atoms with Crippen LogP contribution in [0.5, 0.6) is 0 Å². The summed E-state index contributed by atoms with van der Waals surface area (Å²) in [5.41, 5.74) is 8.86. The van der Waals surface area contributed by atoms with Crippen molar-refractivity contribution in [3.8, 4) is 0 Å². The first-order valence-electron chi connectivity index (χ1n) is 5.10. The van der Waals surface area contributed by atoms with Gasteiger partial charge >= 0.3 is 0 Å². The molecule has 5 nitrogen and oxygen atoms in total. The number of amides is 2. The number of carbonyl (C=O) groups is 2. The molecule has 0 saturated carbocycles. The summed E-state index contributed by atoms with van der Waals surface area (Å²) in [6.07, 6.45) is 3.28. The van der Waals surface area contributed by atoms with Gasteiger partial charge in [-0.2, -0.15) is 5.01 Å². The maximum Gasteiger partial charge on any atom is 0.252 e. The van der Waals surface area contributed by atoms with Crippen LogP contribution in [0.2, 0.25) is 0 Å². The molecule has 1 fully saturated rings. The molecule has 0 aromatic heterocycles. The van der Waals surface area contributed by atoms with Crippen LogP contribution in [0.1, 0.15) is 19.8 Å². The molecule has 0 unspecified atom stereocenters. The van der Waals surface area contributed by atoms with E-state index in [1.807, 2.05) is 13.0 Å². The van der Waals surface area contributed by atoms with E-state index in [0.29, 0.717) is 12.8 Å². The highest BCUT2D eigenvalue weighted by molar-refractivity contribution is 7.80. The molecule has 2 atom stereocenters. The van der Waals surface area contributed by atoms with Crippen molar-refractivity contribution in [1.82, 2.24) is 10.4 Å². The van der Waals surface area contributed by atoms with E-state index in [1.54, 1.807) is 0 Å². The zero-order chi connectivity index (χ0) is 11.9. The topological polar surface area (TPSA) is 75.4 Å². The lowest BCUT2D eigenvalue weighted by Gasteiger charge is -2.18. The van der Waals surface area contributed by atoms with Crippen LogP contribution in [0.25, 0.3) is 0 Å². The maximum atomic E-state index is 11.9. The Hall–Kier alpha value is -1.43. The van der Waals surface area contributed by atoms with Gasteiger partial charge in [0.05, 0.1) is 11.8 Å². The fourth-order valence-corrected chi connectivity index (χ4v) is 2.35. The van der Waals surface area contributed by atoms with Gasteiger partial charge in [-0.25, -0.2) is 0 Å². The first-order valence-corrected chi connectivity index (χ1v) is 5.51. The van der Waals surface area contributed by atoms with Crippen molar-refractivity contribution in [2.24, 2.45) is 17.6 Å². The van der Waals surface area contributed by atoms with Gasteiger partial charge in [0.1, 0.15) is 0 Å². The third-order valence-corrected chi connectivity index (χ3v) is 3.14. The molecule has 16 heavy (non-hydrogen) atoms. The molecule has 1 aliphatic heterocycles. The number of rotatable bonds is 1. The molecule has 0 spiro atoms. The number of allylic oxidation sites excluding steroid dienone is 2. The predicted molar refractivity (Wildman–Crippen MR) is 61.7 cm³/mol. The fourth-order valence-electron chi connectivity index (χ4n) is 2.26. The van der Waals surface area contributed by atoms with Gasteiger partial charge in [0, 0.05) is 0 Å². The van der Waals surface area contributed by atoms with Gasteiger partial charge in [0.2, 0.25) is 0 Å². The summed E-state index contributed by atoms with van der Waals surface area (Å²) < 4.78 is 0. The zero-order valence-corrected chi connectivity index (χ0v) is 9.71. The number of imide groups is 1. The van der Waals surface area contributed by atoms with Crippen molar-refractivity contribution in [2.75, 3.05) is 0 Å². The summed E-state index contributed by atoms with van der Waals surface area (Å²) in [7, 11) is 0. The van der Waals surface area contributed by atoms with E-state index in [-0.39, 0.29) is 28.8 Å². The number of nitrogens with one attached hydrogen (secondary N) is 1. The average molecular weight is 239 g/mol. The Kier molecular flexibility index (Phi) is 2.67. The van der Waals surface area contributed by atoms with E-state index < -0.39 is 0 Å². The van der Waals surface area contributed by atoms with Gasteiger partial charge in [0.25, 0.3) is 11.8 Å². The Labute approximate surface area is 98.6 Å². The van der Waals surface area contributed by atoms with Gasteiger partial charge in [-0.1, -0.05) is 11.6 Å². The summed E-state index contributed by atoms with van der Waals surface area (Å²) in [4.78, 5) is 23.8. The number of hydrazine groups is 1. The van der Waals surface area contributed by atoms with Crippen molar-refractivity contribution in [1.29, 1.82) is 0 Å². The minimum absolute atomic E-state index is 0.0648. The molecule has 0 radical (unpaired) electrons. The van der Waals surface area contributed by atoms with Gasteiger partial charge in [0.15, 0.2) is 5.11 Å². The number of nitrogens with zero attached hydrogens (tertiary/aromatic N) is 1. The molecule has 0 bridgehead atoms. The highest BCUT2D eigenvalue weighted by atomic mass is 32.1. The third-order valence-electron chi connectivity index (χ3n) is 3.05. The smallest absolute Gasteiger partial charge is 0.252 e. The summed E-state index contributed by atoms with van der Waals surface area (Å²) in [6, 6.07) is 0. The van der Waals surface area contributed by atoms with Crippen molar-refractivity contribution in [3.05, 3.63) is 11.6 Å². The Morgan fingerprint density at radius 3 is 2.75 bits per heavy atom. The summed E-state index contributed by atoms with van der Waals surface area (Å²) in [6.45, 7) is 1.97. The quantitative estimate of drug-likeness (QED) is 0.385. The van der Waals surface area contributed by atoms with E-state index in [1.165, 1.54) is 0 Å². The highest BCUT2D eigenvalue weighted by Crippen LogP contribution is 2.36. The van der Waals surface area contributed by atoms with E-state index in [9.17, 15) is 9.59 Å². The van der Waals surface area contributed by atoms with Crippen LogP contribution in [0, 0.1) is 11.8 Å². The van der Waals surface area contributed by atoms with E-state index in [4.69, 9.17) is 5.73 Å². The molecule has 6 heteroatoms. The number of fused-ring (bicyclic) bond motifs is 1. The molecular weight excluding hydrogens is 226 g/mol. The van der Waals surface area contributed by atoms with E-state index in [0.717, 1.165) is 10.6 Å². The van der Waals surface area contributed by atoms with Crippen LogP contribution in [0.3, 0.4) is 0 Å². The molecule has 0 aromatic carbocycles. The summed E-state index contributed by atoms with van der Waals surface area (Å²) >= 11 is 4.63. The Bertz CT molecular complexity index is 405. The van der Waals surface area contributed by atoms with Crippen LogP contribution < -0.4 is 11.2 Å². The molecule has 1 saturated heterocycles. The van der Waals surface area contributed by atoms with Crippen LogP contribution >= 0.6 is 12.2 Å². The molecule has 0 aromatic rings. The Morgan fingerprint density at radius 2 is 2.12 bits per heavy atom. The lowest BCUT2D eigenvalue weighted by atomic mass is 9.82. The molecule has 1 aliphatic carbocycles. The average Bonchev–Trinajstić information content (AvgIpc) is 2.43. The standard InChI is InChI=1S/C10H13N3O2S/c1-5-2-3-6-7(4-5)9(15)13(8(6)14)12-10(11)16/h2,6-7H,3-4H2,1H3,(H3,11,12,16)/t6-,7+/m1/s1. The molecule has 2 rings (SSSR count). The van der Waals surface area contributed by atoms with Crippen LogP contribution in [0.15, 0.2) is 11.6 Å². The van der Waals surface area contributed by atoms with E-state index >= 15 is 0 Å². The molecule has 86 valence electrons. The SMILES string of the molecule is CC1=CC[C@H]2C(=O)N(NC(N)=S)C(=O)[C@H]2C1. The predicted octanol–water partition coefficient (Wildman–Crippen LogP) is 0.0759. The molecular formula is C10H13N3O2S. The monoisotopic (exact) mass is 239 g/mol. The minimum Gasteiger partial charge on any atom is -0.375 e. The number of carbonyl (C=O) groups excluding carboxylic acids is 2. The Balaban J connectivity index is 2.21. The summed E-state index contributed by atoms with van der Waals surface area (Å²) in [5.74, 6) is -0.959. The van der Waals surface area contributed by atoms with Gasteiger partial charge in [-0.3, -0.25) is 15.0 Å². The molecule has 1 heterocycles. The second kappa shape index (κ2) is 3.86. The first-order chi connectivity index (χ1) is 7.50. The lowest BCUT2D eigenvalue weighted by molar-refractivity contribution is -0.142. The molecule has 3 N–H and O–H groups in total. The van der Waals surface area contributed by atoms with Crippen molar-refractivity contribution >= 4 is 29.1 Å². The first kappa shape index (κ1) is 11.1. The largest absolute Gasteiger partial charge is 0.375 e. The second-order valence-electron chi connectivity index (χ2n) is 4.19. The van der Waals surface area contributed by atoms with Gasteiger partial charge in [-0.05, 0) is 32.0 Å². The van der Waals surface area contributed by atoms with Crippen molar-refractivity contribution in [2.45, 2.75) is 19.8 Å². The van der Waals surface area contributed by atoms with Crippen molar-refractivity contribution < 1.29 is 9.59 Å². The third kappa shape index (κ3) is 1.69. The fraction of sp³-hybridized carbons (Fsp3) is 0.500. The Morgan fingerprint density at radius 1 is 1.50 bits per heavy atom. The maximum absolute atomic E-state index is 11.9.